The zero-order valence-electron chi connectivity index (χ0n) is 22.8. The van der Waals surface area contributed by atoms with Crippen LogP contribution in [0, 0.1) is 0 Å². The Balaban J connectivity index is 1.22. The number of nitrogens with zero attached hydrogens (tertiary/aromatic N) is 2. The van der Waals surface area contributed by atoms with E-state index in [0.29, 0.717) is 0 Å². The van der Waals surface area contributed by atoms with Gasteiger partial charge in [-0.25, -0.2) is 0 Å². The number of benzene rings is 7. The molecule has 7 aromatic carbocycles. The van der Waals surface area contributed by atoms with Crippen LogP contribution < -0.4 is 0 Å². The molecule has 0 atom stereocenters. The Morgan fingerprint density at radius 2 is 1.00 bits per heavy atom. The molecular formula is C40H24N2. The maximum atomic E-state index is 4.52. The number of hydrogen-bond donors (Lipinski definition) is 0. The molecule has 2 aromatic heterocycles. The first-order valence-electron chi connectivity index (χ1n) is 14.3. The quantitative estimate of drug-likeness (QED) is 0.212. The summed E-state index contributed by atoms with van der Waals surface area (Å²) in [5.41, 5.74) is 8.37. The summed E-state index contributed by atoms with van der Waals surface area (Å²) in [5.74, 6) is 0. The lowest BCUT2D eigenvalue weighted by atomic mass is 9.87. The molecule has 0 spiro atoms. The largest absolute Gasteiger partial charge is 0.264 e. The molecule has 0 aliphatic heterocycles. The van der Waals surface area contributed by atoms with Gasteiger partial charge < -0.3 is 0 Å². The summed E-state index contributed by atoms with van der Waals surface area (Å²) in [5, 5.41) is 11.3. The van der Waals surface area contributed by atoms with Crippen molar-refractivity contribution in [2.45, 2.75) is 0 Å². The first-order valence-corrected chi connectivity index (χ1v) is 14.3. The minimum absolute atomic E-state index is 1.02. The molecule has 0 unspecified atom stereocenters. The topological polar surface area (TPSA) is 25.8 Å². The van der Waals surface area contributed by atoms with Gasteiger partial charge in [-0.05, 0) is 95.3 Å². The van der Waals surface area contributed by atoms with E-state index in [4.69, 9.17) is 0 Å². The third-order valence-electron chi connectivity index (χ3n) is 8.77. The normalized spacial score (nSPS) is 11.8. The van der Waals surface area contributed by atoms with Gasteiger partial charge in [-0.3, -0.25) is 9.97 Å². The summed E-state index contributed by atoms with van der Waals surface area (Å²) in [6, 6.07) is 46.4. The predicted molar refractivity (Wildman–Crippen MR) is 177 cm³/mol. The Bertz CT molecular complexity index is 2450. The third kappa shape index (κ3) is 3.45. The first kappa shape index (κ1) is 23.1. The van der Waals surface area contributed by atoms with Gasteiger partial charge in [0.25, 0.3) is 0 Å². The summed E-state index contributed by atoms with van der Waals surface area (Å²) in [7, 11) is 0. The monoisotopic (exact) mass is 532 g/mol. The van der Waals surface area contributed by atoms with Gasteiger partial charge in [0, 0.05) is 29.4 Å². The fraction of sp³-hybridized carbons (Fsp3) is 0. The Morgan fingerprint density at radius 1 is 0.381 bits per heavy atom. The summed E-state index contributed by atoms with van der Waals surface area (Å²) < 4.78 is 0. The van der Waals surface area contributed by atoms with Crippen LogP contribution in [0.3, 0.4) is 0 Å². The highest BCUT2D eigenvalue weighted by Gasteiger charge is 2.15. The summed E-state index contributed by atoms with van der Waals surface area (Å²) >= 11 is 0. The van der Waals surface area contributed by atoms with Crippen molar-refractivity contribution in [3.63, 3.8) is 0 Å². The van der Waals surface area contributed by atoms with E-state index in [1.54, 1.807) is 0 Å². The van der Waals surface area contributed by atoms with E-state index < -0.39 is 0 Å². The SMILES string of the molecule is c1cnc2ccc(-c3ccc4ccc5c(-c6ccc(-c7cccc8ccncc78)cc6)ccc6ccc3c4c65)cc2c1. The molecule has 9 rings (SSSR count). The van der Waals surface area contributed by atoms with E-state index in [0.717, 1.165) is 10.9 Å². The minimum Gasteiger partial charge on any atom is -0.264 e. The molecule has 0 bridgehead atoms. The van der Waals surface area contributed by atoms with Crippen molar-refractivity contribution in [2.24, 2.45) is 0 Å². The molecule has 0 aliphatic rings. The zero-order valence-corrected chi connectivity index (χ0v) is 22.8. The smallest absolute Gasteiger partial charge is 0.0702 e. The molecule has 0 radical (unpaired) electrons. The second-order valence-corrected chi connectivity index (χ2v) is 11.0. The van der Waals surface area contributed by atoms with Crippen molar-refractivity contribution >= 4 is 54.0 Å². The Labute approximate surface area is 242 Å². The highest BCUT2D eigenvalue weighted by atomic mass is 14.6. The number of pyridine rings is 2. The summed E-state index contributed by atoms with van der Waals surface area (Å²) in [6.45, 7) is 0. The van der Waals surface area contributed by atoms with E-state index in [-0.39, 0.29) is 0 Å². The van der Waals surface area contributed by atoms with Crippen LogP contribution in [0.2, 0.25) is 0 Å². The highest BCUT2D eigenvalue weighted by Crippen LogP contribution is 2.43. The van der Waals surface area contributed by atoms with E-state index in [9.17, 15) is 0 Å². The molecule has 194 valence electrons. The van der Waals surface area contributed by atoms with Crippen molar-refractivity contribution in [3.8, 4) is 33.4 Å². The molecular weight excluding hydrogens is 508 g/mol. The van der Waals surface area contributed by atoms with Gasteiger partial charge in [0.2, 0.25) is 0 Å². The molecule has 0 N–H and O–H groups in total. The number of rotatable bonds is 3. The Kier molecular flexibility index (Phi) is 4.93. The second kappa shape index (κ2) is 8.95. The van der Waals surface area contributed by atoms with E-state index in [2.05, 4.69) is 131 Å². The average molecular weight is 533 g/mol. The fourth-order valence-corrected chi connectivity index (χ4v) is 6.74. The van der Waals surface area contributed by atoms with Crippen LogP contribution in [0.4, 0.5) is 0 Å². The van der Waals surface area contributed by atoms with Crippen molar-refractivity contribution < 1.29 is 0 Å². The number of fused-ring (bicyclic) bond motifs is 2. The van der Waals surface area contributed by atoms with Gasteiger partial charge in [-0.2, -0.15) is 0 Å². The molecule has 2 nitrogen and oxygen atoms in total. The molecule has 0 saturated carbocycles. The van der Waals surface area contributed by atoms with E-state index >= 15 is 0 Å². The van der Waals surface area contributed by atoms with Gasteiger partial charge >= 0.3 is 0 Å². The van der Waals surface area contributed by atoms with Gasteiger partial charge in [0.1, 0.15) is 0 Å². The van der Waals surface area contributed by atoms with Crippen LogP contribution >= 0.6 is 0 Å². The van der Waals surface area contributed by atoms with Gasteiger partial charge in [0.15, 0.2) is 0 Å². The number of hydrogen-bond acceptors (Lipinski definition) is 2. The van der Waals surface area contributed by atoms with Crippen LogP contribution in [0.25, 0.3) is 87.4 Å². The predicted octanol–water partition coefficient (Wildman–Crippen LogP) is 10.7. The van der Waals surface area contributed by atoms with Gasteiger partial charge in [-0.15, -0.1) is 0 Å². The van der Waals surface area contributed by atoms with Crippen molar-refractivity contribution in [2.75, 3.05) is 0 Å². The molecule has 2 heteroatoms. The standard InChI is InChI=1S/C40H24N2/c1-3-25-20-22-41-24-37(25)32(5-1)26-6-8-27(9-7-26)33-15-10-28-13-18-36-34(16-11-29-12-17-35(33)39(28)40(29)36)30-14-19-38-31(23-30)4-2-21-42-38/h1-24H. The van der Waals surface area contributed by atoms with E-state index in [1.165, 1.54) is 76.5 Å². The van der Waals surface area contributed by atoms with Gasteiger partial charge in [-0.1, -0.05) is 103 Å². The molecule has 42 heavy (non-hydrogen) atoms. The van der Waals surface area contributed by atoms with Crippen molar-refractivity contribution in [1.82, 2.24) is 9.97 Å². The van der Waals surface area contributed by atoms with Crippen LogP contribution in [0.1, 0.15) is 0 Å². The average Bonchev–Trinajstić information content (AvgIpc) is 3.06. The second-order valence-electron chi connectivity index (χ2n) is 11.0. The lowest BCUT2D eigenvalue weighted by Gasteiger charge is -2.17. The van der Waals surface area contributed by atoms with Crippen molar-refractivity contribution in [1.29, 1.82) is 0 Å². The maximum Gasteiger partial charge on any atom is 0.0702 e. The van der Waals surface area contributed by atoms with E-state index in [1.807, 2.05) is 24.7 Å². The first-order chi connectivity index (χ1) is 20.8. The Hall–Kier alpha value is -5.60. The summed E-state index contributed by atoms with van der Waals surface area (Å²) in [6.07, 6.45) is 5.67. The molecule has 2 heterocycles. The fourth-order valence-electron chi connectivity index (χ4n) is 6.74. The lowest BCUT2D eigenvalue weighted by Crippen LogP contribution is -1.90. The summed E-state index contributed by atoms with van der Waals surface area (Å²) in [4.78, 5) is 8.89. The number of aromatic nitrogens is 2. The molecule has 0 amide bonds. The van der Waals surface area contributed by atoms with Crippen molar-refractivity contribution in [3.05, 3.63) is 146 Å². The molecule has 0 fully saturated rings. The van der Waals surface area contributed by atoms with Crippen LogP contribution in [0.5, 0.6) is 0 Å². The van der Waals surface area contributed by atoms with Gasteiger partial charge in [0.05, 0.1) is 5.52 Å². The van der Waals surface area contributed by atoms with Crippen LogP contribution in [0.15, 0.2) is 146 Å². The maximum absolute atomic E-state index is 4.52. The van der Waals surface area contributed by atoms with Crippen LogP contribution in [-0.4, -0.2) is 9.97 Å². The molecule has 0 saturated heterocycles. The third-order valence-corrected chi connectivity index (χ3v) is 8.77. The zero-order chi connectivity index (χ0) is 27.6. The minimum atomic E-state index is 1.02. The Morgan fingerprint density at radius 3 is 1.74 bits per heavy atom. The highest BCUT2D eigenvalue weighted by molar-refractivity contribution is 6.27. The van der Waals surface area contributed by atoms with Crippen LogP contribution in [-0.2, 0) is 0 Å². The lowest BCUT2D eigenvalue weighted by molar-refractivity contribution is 1.36. The molecule has 9 aromatic rings. The molecule has 0 aliphatic carbocycles.